The third kappa shape index (κ3) is 9.09. The number of aliphatic hydroxyl groups excluding tert-OH is 1. The number of urea groups is 1. The molecule has 7 heteroatoms. The number of imide groups is 1. The number of nitrogens with zero attached hydrogens (tertiary/aromatic N) is 1. The van der Waals surface area contributed by atoms with Gasteiger partial charge in [0.15, 0.2) is 5.78 Å². The van der Waals surface area contributed by atoms with Gasteiger partial charge >= 0.3 is 12.1 Å². The fourth-order valence-corrected chi connectivity index (χ4v) is 2.60. The molecule has 0 aliphatic carbocycles. The lowest BCUT2D eigenvalue weighted by Crippen LogP contribution is -2.52. The zero-order chi connectivity index (χ0) is 22.0. The van der Waals surface area contributed by atoms with Gasteiger partial charge in [-0.2, -0.15) is 0 Å². The minimum Gasteiger partial charge on any atom is -0.443 e. The number of rotatable bonds is 9. The second-order valence-corrected chi connectivity index (χ2v) is 8.26. The van der Waals surface area contributed by atoms with Crippen LogP contribution < -0.4 is 5.32 Å². The summed E-state index contributed by atoms with van der Waals surface area (Å²) in [4.78, 5) is 38.6. The van der Waals surface area contributed by atoms with E-state index in [0.717, 1.165) is 16.9 Å². The molecule has 0 aliphatic rings. The molecule has 29 heavy (non-hydrogen) atoms. The van der Waals surface area contributed by atoms with E-state index in [1.165, 1.54) is 0 Å². The number of ether oxygens (including phenoxy) is 1. The van der Waals surface area contributed by atoms with Crippen LogP contribution in [0.2, 0.25) is 0 Å². The maximum atomic E-state index is 12.8. The van der Waals surface area contributed by atoms with Gasteiger partial charge in [0.25, 0.3) is 0 Å². The van der Waals surface area contributed by atoms with Crippen molar-refractivity contribution < 1.29 is 24.2 Å². The molecule has 0 fully saturated rings. The first kappa shape index (κ1) is 24.6. The largest absolute Gasteiger partial charge is 0.443 e. The van der Waals surface area contributed by atoms with Crippen molar-refractivity contribution in [1.82, 2.24) is 10.2 Å². The Hall–Kier alpha value is -2.41. The average Bonchev–Trinajstić information content (AvgIpc) is 2.67. The molecule has 3 amide bonds. The number of benzene rings is 1. The van der Waals surface area contributed by atoms with Crippen molar-refractivity contribution in [1.29, 1.82) is 0 Å². The van der Waals surface area contributed by atoms with Crippen LogP contribution >= 0.6 is 0 Å². The Bertz CT molecular complexity index is 670. The fourth-order valence-electron chi connectivity index (χ4n) is 2.60. The Labute approximate surface area is 173 Å². The number of hydrogen-bond acceptors (Lipinski definition) is 5. The Morgan fingerprint density at radius 1 is 1.17 bits per heavy atom. The monoisotopic (exact) mass is 406 g/mol. The van der Waals surface area contributed by atoms with Gasteiger partial charge in [0.1, 0.15) is 12.2 Å². The number of carbonyl (C=O) groups excluding carboxylic acids is 3. The van der Waals surface area contributed by atoms with Crippen LogP contribution in [0.25, 0.3) is 0 Å². The molecule has 0 saturated carbocycles. The van der Waals surface area contributed by atoms with Crippen LogP contribution in [0.4, 0.5) is 9.59 Å². The summed E-state index contributed by atoms with van der Waals surface area (Å²) in [5, 5.41) is 11.9. The standard InChI is InChI=1S/C22H34N2O5/c1-6-16(2)14-24(21(28)29-22(3,4)5)20(27)23-18(19(26)15-25)13-12-17-10-8-7-9-11-17/h7-11,16,18,25H,6,12-15H2,1-5H3,(H,23,27)/t16?,18-/m0/s1. The number of aliphatic hydroxyl groups is 1. The number of carbonyl (C=O) groups is 3. The molecular formula is C22H34N2O5. The molecule has 0 aliphatic heterocycles. The first-order chi connectivity index (χ1) is 13.6. The maximum absolute atomic E-state index is 12.8. The highest BCUT2D eigenvalue weighted by atomic mass is 16.6. The number of hydrogen-bond donors (Lipinski definition) is 2. The van der Waals surface area contributed by atoms with Gasteiger partial charge in [0.2, 0.25) is 0 Å². The highest BCUT2D eigenvalue weighted by molar-refractivity contribution is 5.95. The quantitative estimate of drug-likeness (QED) is 0.654. The first-order valence-corrected chi connectivity index (χ1v) is 10.1. The van der Waals surface area contributed by atoms with Crippen LogP contribution in [0.1, 0.15) is 53.0 Å². The summed E-state index contributed by atoms with van der Waals surface area (Å²) in [7, 11) is 0. The summed E-state index contributed by atoms with van der Waals surface area (Å²) in [6.07, 6.45) is 0.892. The van der Waals surface area contributed by atoms with Crippen LogP contribution in [0.5, 0.6) is 0 Å². The van der Waals surface area contributed by atoms with E-state index in [-0.39, 0.29) is 12.5 Å². The van der Waals surface area contributed by atoms with Crippen LogP contribution in [-0.4, -0.2) is 52.7 Å². The Morgan fingerprint density at radius 3 is 2.31 bits per heavy atom. The van der Waals surface area contributed by atoms with Crippen molar-refractivity contribution in [3.05, 3.63) is 35.9 Å². The molecule has 162 valence electrons. The van der Waals surface area contributed by atoms with Crippen LogP contribution in [0.15, 0.2) is 30.3 Å². The van der Waals surface area contributed by atoms with Crippen molar-refractivity contribution in [3.8, 4) is 0 Å². The molecule has 0 spiro atoms. The molecule has 0 radical (unpaired) electrons. The van der Waals surface area contributed by atoms with Crippen molar-refractivity contribution >= 4 is 17.9 Å². The fraction of sp³-hybridized carbons (Fsp3) is 0.591. The minimum atomic E-state index is -0.894. The lowest BCUT2D eigenvalue weighted by Gasteiger charge is -2.29. The van der Waals surface area contributed by atoms with Gasteiger partial charge in [0.05, 0.1) is 6.04 Å². The van der Waals surface area contributed by atoms with Gasteiger partial charge in [-0.25, -0.2) is 14.5 Å². The average molecular weight is 407 g/mol. The third-order valence-electron chi connectivity index (χ3n) is 4.46. The van der Waals surface area contributed by atoms with E-state index in [2.05, 4.69) is 5.32 Å². The summed E-state index contributed by atoms with van der Waals surface area (Å²) in [6, 6.07) is 7.96. The minimum absolute atomic E-state index is 0.0737. The SMILES string of the molecule is CCC(C)CN(C(=O)N[C@@H](CCc1ccccc1)C(=O)CO)C(=O)OC(C)(C)C. The van der Waals surface area contributed by atoms with E-state index in [4.69, 9.17) is 4.74 Å². The molecule has 2 N–H and O–H groups in total. The lowest BCUT2D eigenvalue weighted by atomic mass is 10.0. The van der Waals surface area contributed by atoms with Crippen molar-refractivity contribution in [2.24, 2.45) is 5.92 Å². The first-order valence-electron chi connectivity index (χ1n) is 10.1. The Kier molecular flexibility index (Phi) is 9.81. The van der Waals surface area contributed by atoms with Crippen molar-refractivity contribution in [2.45, 2.75) is 65.5 Å². The predicted octanol–water partition coefficient (Wildman–Crippen LogP) is 3.54. The number of nitrogens with one attached hydrogen (secondary N) is 1. The number of Topliss-reactive ketones (excluding diaryl/α,β-unsaturated/α-hetero) is 1. The highest BCUT2D eigenvalue weighted by Crippen LogP contribution is 2.14. The number of aryl methyl sites for hydroxylation is 1. The zero-order valence-corrected chi connectivity index (χ0v) is 18.1. The number of amides is 3. The summed E-state index contributed by atoms with van der Waals surface area (Å²) in [5.74, 6) is -0.424. The molecule has 1 aromatic rings. The predicted molar refractivity (Wildman–Crippen MR) is 112 cm³/mol. The van der Waals surface area contributed by atoms with E-state index >= 15 is 0 Å². The Balaban J connectivity index is 2.91. The third-order valence-corrected chi connectivity index (χ3v) is 4.46. The van der Waals surface area contributed by atoms with E-state index < -0.39 is 36.2 Å². The molecule has 7 nitrogen and oxygen atoms in total. The van der Waals surface area contributed by atoms with Gasteiger partial charge < -0.3 is 15.2 Å². The maximum Gasteiger partial charge on any atom is 0.418 e. The molecule has 0 bridgehead atoms. The lowest BCUT2D eigenvalue weighted by molar-refractivity contribution is -0.123. The molecule has 0 heterocycles. The van der Waals surface area contributed by atoms with Gasteiger partial charge in [-0.1, -0.05) is 50.6 Å². The van der Waals surface area contributed by atoms with Gasteiger partial charge in [-0.05, 0) is 45.1 Å². The van der Waals surface area contributed by atoms with Crippen molar-refractivity contribution in [2.75, 3.05) is 13.2 Å². The summed E-state index contributed by atoms with van der Waals surface area (Å²) in [5.41, 5.74) is 0.264. The van der Waals surface area contributed by atoms with E-state index in [1.807, 2.05) is 44.2 Å². The summed E-state index contributed by atoms with van der Waals surface area (Å²) in [6.45, 7) is 8.56. The van der Waals surface area contributed by atoms with Crippen LogP contribution in [0.3, 0.4) is 0 Å². The molecule has 0 aromatic heterocycles. The molecule has 2 atom stereocenters. The van der Waals surface area contributed by atoms with Gasteiger partial charge in [-0.3, -0.25) is 4.79 Å². The molecular weight excluding hydrogens is 372 g/mol. The normalized spacial score (nSPS) is 13.3. The van der Waals surface area contributed by atoms with E-state index in [0.29, 0.717) is 12.8 Å². The number of ketones is 1. The summed E-state index contributed by atoms with van der Waals surface area (Å²) >= 11 is 0. The smallest absolute Gasteiger partial charge is 0.418 e. The second kappa shape index (κ2) is 11.6. The summed E-state index contributed by atoms with van der Waals surface area (Å²) < 4.78 is 5.36. The Morgan fingerprint density at radius 2 is 1.79 bits per heavy atom. The molecule has 1 unspecified atom stereocenters. The zero-order valence-electron chi connectivity index (χ0n) is 18.1. The molecule has 1 rings (SSSR count). The van der Waals surface area contributed by atoms with Gasteiger partial charge in [0, 0.05) is 6.54 Å². The van der Waals surface area contributed by atoms with E-state index in [9.17, 15) is 19.5 Å². The molecule has 0 saturated heterocycles. The van der Waals surface area contributed by atoms with Gasteiger partial charge in [-0.15, -0.1) is 0 Å². The van der Waals surface area contributed by atoms with E-state index in [1.54, 1.807) is 20.8 Å². The van der Waals surface area contributed by atoms with Crippen LogP contribution in [0, 0.1) is 5.92 Å². The van der Waals surface area contributed by atoms with Crippen LogP contribution in [-0.2, 0) is 16.0 Å². The molecule has 1 aromatic carbocycles. The topological polar surface area (TPSA) is 95.9 Å². The highest BCUT2D eigenvalue weighted by Gasteiger charge is 2.31. The van der Waals surface area contributed by atoms with Crippen molar-refractivity contribution in [3.63, 3.8) is 0 Å². The second-order valence-electron chi connectivity index (χ2n) is 8.26.